The molecule has 1 aromatic heterocycles. The largest absolute Gasteiger partial charge is 0.334 e. The van der Waals surface area contributed by atoms with Gasteiger partial charge >= 0.3 is 0 Å². The number of carbonyl (C=O) groups excluding carboxylic acids is 1. The van der Waals surface area contributed by atoms with Crippen LogP contribution in [0.4, 0.5) is 11.6 Å². The van der Waals surface area contributed by atoms with Gasteiger partial charge in [0.1, 0.15) is 5.69 Å². The van der Waals surface area contributed by atoms with E-state index in [1.54, 1.807) is 6.07 Å². The Kier molecular flexibility index (Phi) is 6.09. The number of hydrogen-bond donors (Lipinski definition) is 1. The molecule has 0 aliphatic carbocycles. The first kappa shape index (κ1) is 19.3. The highest BCUT2D eigenvalue weighted by molar-refractivity contribution is 5.93. The number of aryl methyl sites for hydroxylation is 3. The standard InChI is InChI=1S/C22H30N4O/c1-5-17-11-9-10-15(3)20(17)25-22-23-16(4)14-19(24-22)21(27)26-13-8-7-12-18(26)6-2/h9-11,14,18H,5-8,12-13H2,1-4H3,(H,23,24,25). The smallest absolute Gasteiger partial charge is 0.272 e. The third-order valence-electron chi connectivity index (χ3n) is 5.41. The molecule has 1 aliphatic rings. The molecule has 1 aliphatic heterocycles. The Morgan fingerprint density at radius 1 is 1.22 bits per heavy atom. The molecule has 0 radical (unpaired) electrons. The van der Waals surface area contributed by atoms with Crippen molar-refractivity contribution in [3.05, 3.63) is 46.8 Å². The number of nitrogens with zero attached hydrogens (tertiary/aromatic N) is 3. The highest BCUT2D eigenvalue weighted by Crippen LogP contribution is 2.25. The molecule has 0 spiro atoms. The van der Waals surface area contributed by atoms with Gasteiger partial charge in [0.2, 0.25) is 5.95 Å². The van der Waals surface area contributed by atoms with Crippen LogP contribution in [0.1, 0.15) is 66.8 Å². The Balaban J connectivity index is 1.90. The summed E-state index contributed by atoms with van der Waals surface area (Å²) in [5, 5.41) is 3.36. The second-order valence-electron chi connectivity index (χ2n) is 7.36. The minimum atomic E-state index is 0.0237. The predicted octanol–water partition coefficient (Wildman–Crippen LogP) is 4.80. The molecular formula is C22H30N4O. The van der Waals surface area contributed by atoms with Crippen molar-refractivity contribution >= 4 is 17.5 Å². The lowest BCUT2D eigenvalue weighted by molar-refractivity contribution is 0.0602. The fraction of sp³-hybridized carbons (Fsp3) is 0.500. The van der Waals surface area contributed by atoms with Crippen molar-refractivity contribution < 1.29 is 4.79 Å². The number of anilines is 2. The van der Waals surface area contributed by atoms with E-state index in [4.69, 9.17) is 0 Å². The van der Waals surface area contributed by atoms with Gasteiger partial charge in [0.05, 0.1) is 0 Å². The summed E-state index contributed by atoms with van der Waals surface area (Å²) in [6.07, 6.45) is 5.27. The maximum absolute atomic E-state index is 13.1. The van der Waals surface area contributed by atoms with Gasteiger partial charge in [0, 0.05) is 24.0 Å². The second kappa shape index (κ2) is 8.51. The molecule has 1 saturated heterocycles. The first-order valence-corrected chi connectivity index (χ1v) is 10.1. The van der Waals surface area contributed by atoms with Gasteiger partial charge in [-0.05, 0) is 63.1 Å². The van der Waals surface area contributed by atoms with E-state index in [2.05, 4.69) is 54.3 Å². The zero-order valence-electron chi connectivity index (χ0n) is 16.9. The lowest BCUT2D eigenvalue weighted by atomic mass is 9.99. The van der Waals surface area contributed by atoms with Crippen molar-refractivity contribution in [1.29, 1.82) is 0 Å². The van der Waals surface area contributed by atoms with Crippen LogP contribution >= 0.6 is 0 Å². The van der Waals surface area contributed by atoms with E-state index in [1.807, 2.05) is 11.8 Å². The number of piperidine rings is 1. The van der Waals surface area contributed by atoms with Gasteiger partial charge in [0.15, 0.2) is 0 Å². The molecule has 1 unspecified atom stereocenters. The van der Waals surface area contributed by atoms with Crippen LogP contribution in [0.15, 0.2) is 24.3 Å². The van der Waals surface area contributed by atoms with Gasteiger partial charge in [-0.15, -0.1) is 0 Å². The topological polar surface area (TPSA) is 58.1 Å². The molecule has 1 fully saturated rings. The predicted molar refractivity (Wildman–Crippen MR) is 110 cm³/mol. The quantitative estimate of drug-likeness (QED) is 0.825. The molecular weight excluding hydrogens is 336 g/mol. The Labute approximate surface area is 162 Å². The molecule has 27 heavy (non-hydrogen) atoms. The molecule has 1 N–H and O–H groups in total. The number of hydrogen-bond acceptors (Lipinski definition) is 4. The zero-order valence-corrected chi connectivity index (χ0v) is 16.9. The third-order valence-corrected chi connectivity index (χ3v) is 5.41. The number of rotatable bonds is 5. The fourth-order valence-electron chi connectivity index (χ4n) is 3.89. The molecule has 2 heterocycles. The van der Waals surface area contributed by atoms with Crippen LogP contribution < -0.4 is 5.32 Å². The monoisotopic (exact) mass is 366 g/mol. The molecule has 2 aromatic rings. The van der Waals surface area contributed by atoms with E-state index in [0.717, 1.165) is 49.2 Å². The number of likely N-dealkylation sites (tertiary alicyclic amines) is 1. The summed E-state index contributed by atoms with van der Waals surface area (Å²) in [5.41, 5.74) is 4.68. The van der Waals surface area contributed by atoms with Gasteiger partial charge in [0.25, 0.3) is 5.91 Å². The highest BCUT2D eigenvalue weighted by Gasteiger charge is 2.27. The molecule has 1 amide bonds. The molecule has 144 valence electrons. The summed E-state index contributed by atoms with van der Waals surface area (Å²) in [6, 6.07) is 8.36. The minimum Gasteiger partial charge on any atom is -0.334 e. The Morgan fingerprint density at radius 3 is 2.78 bits per heavy atom. The number of aromatic nitrogens is 2. The van der Waals surface area contributed by atoms with Gasteiger partial charge in [-0.3, -0.25) is 4.79 Å². The normalized spacial score (nSPS) is 17.0. The molecule has 5 nitrogen and oxygen atoms in total. The molecule has 0 bridgehead atoms. The summed E-state index contributed by atoms with van der Waals surface area (Å²) in [6.45, 7) is 9.09. The van der Waals surface area contributed by atoms with Crippen LogP contribution in [0.25, 0.3) is 0 Å². The highest BCUT2D eigenvalue weighted by atomic mass is 16.2. The van der Waals surface area contributed by atoms with Gasteiger partial charge < -0.3 is 10.2 Å². The number of nitrogens with one attached hydrogen (secondary N) is 1. The summed E-state index contributed by atoms with van der Waals surface area (Å²) in [5.74, 6) is 0.517. The molecule has 1 aromatic carbocycles. The Morgan fingerprint density at radius 2 is 2.04 bits per heavy atom. The molecule has 1 atom stereocenters. The fourth-order valence-corrected chi connectivity index (χ4v) is 3.89. The maximum Gasteiger partial charge on any atom is 0.272 e. The third kappa shape index (κ3) is 4.29. The zero-order chi connectivity index (χ0) is 19.4. The summed E-state index contributed by atoms with van der Waals surface area (Å²) >= 11 is 0. The van der Waals surface area contributed by atoms with E-state index in [1.165, 1.54) is 12.0 Å². The van der Waals surface area contributed by atoms with Crippen LogP contribution in [0, 0.1) is 13.8 Å². The summed E-state index contributed by atoms with van der Waals surface area (Å²) in [7, 11) is 0. The van der Waals surface area contributed by atoms with E-state index >= 15 is 0 Å². The average Bonchev–Trinajstić information content (AvgIpc) is 2.68. The van der Waals surface area contributed by atoms with Crippen molar-refractivity contribution in [2.24, 2.45) is 0 Å². The van der Waals surface area contributed by atoms with Gasteiger partial charge in [-0.25, -0.2) is 9.97 Å². The van der Waals surface area contributed by atoms with Gasteiger partial charge in [-0.1, -0.05) is 32.0 Å². The van der Waals surface area contributed by atoms with Gasteiger partial charge in [-0.2, -0.15) is 0 Å². The lowest BCUT2D eigenvalue weighted by Crippen LogP contribution is -2.43. The minimum absolute atomic E-state index is 0.0237. The maximum atomic E-state index is 13.1. The molecule has 3 rings (SSSR count). The molecule has 5 heteroatoms. The van der Waals surface area contributed by atoms with E-state index in [9.17, 15) is 4.79 Å². The van der Waals surface area contributed by atoms with Crippen LogP contribution in [0.5, 0.6) is 0 Å². The lowest BCUT2D eigenvalue weighted by Gasteiger charge is -2.35. The number of benzene rings is 1. The van der Waals surface area contributed by atoms with Crippen molar-refractivity contribution in [3.63, 3.8) is 0 Å². The van der Waals surface area contributed by atoms with E-state index in [-0.39, 0.29) is 5.91 Å². The van der Waals surface area contributed by atoms with Crippen LogP contribution in [-0.2, 0) is 6.42 Å². The van der Waals surface area contributed by atoms with E-state index < -0.39 is 0 Å². The van der Waals surface area contributed by atoms with E-state index in [0.29, 0.717) is 17.7 Å². The second-order valence-corrected chi connectivity index (χ2v) is 7.36. The van der Waals surface area contributed by atoms with Crippen LogP contribution in [0.2, 0.25) is 0 Å². The van der Waals surface area contributed by atoms with Crippen LogP contribution in [-0.4, -0.2) is 33.4 Å². The Hall–Kier alpha value is -2.43. The number of para-hydroxylation sites is 1. The summed E-state index contributed by atoms with van der Waals surface area (Å²) < 4.78 is 0. The van der Waals surface area contributed by atoms with Crippen molar-refractivity contribution in [1.82, 2.24) is 14.9 Å². The summed E-state index contributed by atoms with van der Waals surface area (Å²) in [4.78, 5) is 24.2. The van der Waals surface area contributed by atoms with Crippen molar-refractivity contribution in [3.8, 4) is 0 Å². The first-order chi connectivity index (χ1) is 13.0. The first-order valence-electron chi connectivity index (χ1n) is 10.1. The van der Waals surface area contributed by atoms with Crippen molar-refractivity contribution in [2.45, 2.75) is 65.8 Å². The van der Waals surface area contributed by atoms with Crippen LogP contribution in [0.3, 0.4) is 0 Å². The SMILES string of the molecule is CCc1cccc(C)c1Nc1nc(C)cc(C(=O)N2CCCCC2CC)n1. The number of carbonyl (C=O) groups is 1. The molecule has 0 saturated carbocycles. The Bertz CT molecular complexity index is 818. The van der Waals surface area contributed by atoms with Crippen molar-refractivity contribution in [2.75, 3.05) is 11.9 Å². The average molecular weight is 367 g/mol. The number of amides is 1.